The second-order valence-electron chi connectivity index (χ2n) is 8.06. The topological polar surface area (TPSA) is 106 Å². The molecule has 1 N–H and O–H groups in total. The maximum Gasteiger partial charge on any atom is 0.332 e. The number of hydrogen-bond acceptors (Lipinski definition) is 5. The summed E-state index contributed by atoms with van der Waals surface area (Å²) in [6.45, 7) is 2.69. The Kier molecular flexibility index (Phi) is 5.89. The molecule has 0 radical (unpaired) electrons. The van der Waals surface area contributed by atoms with E-state index in [1.807, 2.05) is 30.3 Å². The van der Waals surface area contributed by atoms with E-state index >= 15 is 0 Å². The second-order valence-corrected chi connectivity index (χ2v) is 8.06. The number of aromatic nitrogens is 3. The van der Waals surface area contributed by atoms with Crippen LogP contribution in [0.2, 0.25) is 0 Å². The van der Waals surface area contributed by atoms with Crippen molar-refractivity contribution in [1.82, 2.24) is 24.3 Å². The molecule has 3 heterocycles. The number of amides is 2. The SMILES string of the molecule is CC(=O)NCC(=O)N1CC[C@H](c2ccc3c(=O)n(C)c(=O)n(Cc4ccccc4)c3n2)C1. The molecule has 1 atom stereocenters. The molecular formula is C23H25N5O4. The highest BCUT2D eigenvalue weighted by atomic mass is 16.2. The van der Waals surface area contributed by atoms with Crippen molar-refractivity contribution in [2.75, 3.05) is 19.6 Å². The van der Waals surface area contributed by atoms with E-state index in [2.05, 4.69) is 5.32 Å². The van der Waals surface area contributed by atoms with Crippen LogP contribution >= 0.6 is 0 Å². The van der Waals surface area contributed by atoms with Crippen LogP contribution < -0.4 is 16.6 Å². The van der Waals surface area contributed by atoms with Gasteiger partial charge in [0.1, 0.15) is 5.65 Å². The first-order valence-electron chi connectivity index (χ1n) is 10.5. The Morgan fingerprint density at radius 1 is 1.12 bits per heavy atom. The number of carbonyl (C=O) groups excluding carboxylic acids is 2. The quantitative estimate of drug-likeness (QED) is 0.632. The Labute approximate surface area is 184 Å². The number of likely N-dealkylation sites (tertiary alicyclic amines) is 1. The third-order valence-electron chi connectivity index (χ3n) is 5.84. The van der Waals surface area contributed by atoms with Gasteiger partial charge in [-0.05, 0) is 24.1 Å². The van der Waals surface area contributed by atoms with Crippen molar-refractivity contribution in [3.63, 3.8) is 0 Å². The summed E-state index contributed by atoms with van der Waals surface area (Å²) in [5.74, 6) is -0.397. The smallest absolute Gasteiger partial charge is 0.332 e. The van der Waals surface area contributed by atoms with E-state index in [-0.39, 0.29) is 29.8 Å². The number of rotatable bonds is 5. The molecule has 3 aromatic rings. The molecule has 0 saturated carbocycles. The van der Waals surface area contributed by atoms with Gasteiger partial charge in [-0.15, -0.1) is 0 Å². The van der Waals surface area contributed by atoms with Crippen molar-refractivity contribution in [2.45, 2.75) is 25.8 Å². The zero-order valence-corrected chi connectivity index (χ0v) is 18.1. The van der Waals surface area contributed by atoms with E-state index in [0.717, 1.165) is 22.2 Å². The van der Waals surface area contributed by atoms with Crippen molar-refractivity contribution in [3.8, 4) is 0 Å². The van der Waals surface area contributed by atoms with Crippen LogP contribution in [0.3, 0.4) is 0 Å². The van der Waals surface area contributed by atoms with E-state index < -0.39 is 5.69 Å². The number of hydrogen-bond donors (Lipinski definition) is 1. The molecule has 9 nitrogen and oxygen atoms in total. The summed E-state index contributed by atoms with van der Waals surface area (Å²) in [5.41, 5.74) is 1.21. The number of pyridine rings is 1. The lowest BCUT2D eigenvalue weighted by atomic mass is 10.0. The summed E-state index contributed by atoms with van der Waals surface area (Å²) in [4.78, 5) is 55.4. The highest BCUT2D eigenvalue weighted by molar-refractivity contribution is 5.84. The van der Waals surface area contributed by atoms with Crippen LogP contribution in [0.15, 0.2) is 52.1 Å². The summed E-state index contributed by atoms with van der Waals surface area (Å²) in [6, 6.07) is 13.0. The van der Waals surface area contributed by atoms with Crippen molar-refractivity contribution in [2.24, 2.45) is 7.05 Å². The highest BCUT2D eigenvalue weighted by Gasteiger charge is 2.28. The average molecular weight is 435 g/mol. The minimum absolute atomic E-state index is 0.00925. The standard InChI is InChI=1S/C23H25N5O4/c1-15(29)24-12-20(30)27-11-10-17(14-27)19-9-8-18-21(25-19)28(23(32)26(2)22(18)31)13-16-6-4-3-5-7-16/h3-9,17H,10-14H2,1-2H3,(H,24,29)/t17-/m0/s1. The normalized spacial score (nSPS) is 15.8. The summed E-state index contributed by atoms with van der Waals surface area (Å²) in [5, 5.41) is 2.91. The largest absolute Gasteiger partial charge is 0.347 e. The van der Waals surface area contributed by atoms with E-state index in [1.165, 1.54) is 18.5 Å². The molecular weight excluding hydrogens is 410 g/mol. The van der Waals surface area contributed by atoms with Crippen molar-refractivity contribution in [1.29, 1.82) is 0 Å². The van der Waals surface area contributed by atoms with Crippen molar-refractivity contribution >= 4 is 22.8 Å². The van der Waals surface area contributed by atoms with Gasteiger partial charge in [-0.3, -0.25) is 23.5 Å². The summed E-state index contributed by atoms with van der Waals surface area (Å²) >= 11 is 0. The molecule has 32 heavy (non-hydrogen) atoms. The van der Waals surface area contributed by atoms with Gasteiger partial charge in [0.05, 0.1) is 18.5 Å². The summed E-state index contributed by atoms with van der Waals surface area (Å²) in [6.07, 6.45) is 0.720. The molecule has 2 amide bonds. The highest BCUT2D eigenvalue weighted by Crippen LogP contribution is 2.26. The van der Waals surface area contributed by atoms with Crippen LogP contribution in [0.5, 0.6) is 0 Å². The predicted octanol–water partition coefficient (Wildman–Crippen LogP) is 0.596. The Morgan fingerprint density at radius 2 is 1.88 bits per heavy atom. The molecule has 1 aliphatic rings. The third-order valence-corrected chi connectivity index (χ3v) is 5.84. The van der Waals surface area contributed by atoms with E-state index in [0.29, 0.717) is 30.7 Å². The van der Waals surface area contributed by atoms with Crippen LogP contribution in [0.4, 0.5) is 0 Å². The number of nitrogens with one attached hydrogen (secondary N) is 1. The zero-order valence-electron chi connectivity index (χ0n) is 18.1. The number of benzene rings is 1. The molecule has 1 aromatic carbocycles. The molecule has 0 aliphatic carbocycles. The van der Waals surface area contributed by atoms with Gasteiger partial charge in [-0.25, -0.2) is 9.78 Å². The third kappa shape index (κ3) is 4.18. The van der Waals surface area contributed by atoms with E-state index in [1.54, 1.807) is 17.0 Å². The van der Waals surface area contributed by atoms with E-state index in [4.69, 9.17) is 4.98 Å². The minimum atomic E-state index is -0.422. The first-order valence-corrected chi connectivity index (χ1v) is 10.5. The van der Waals surface area contributed by atoms with Gasteiger partial charge in [0.25, 0.3) is 5.56 Å². The van der Waals surface area contributed by atoms with Crippen LogP contribution in [-0.4, -0.2) is 50.5 Å². The fourth-order valence-electron chi connectivity index (χ4n) is 4.05. The molecule has 166 valence electrons. The molecule has 1 aliphatic heterocycles. The second kappa shape index (κ2) is 8.78. The lowest BCUT2D eigenvalue weighted by Crippen LogP contribution is -2.39. The molecule has 9 heteroatoms. The number of carbonyl (C=O) groups is 2. The van der Waals surface area contributed by atoms with Gasteiger partial charge < -0.3 is 10.2 Å². The van der Waals surface area contributed by atoms with Gasteiger partial charge >= 0.3 is 5.69 Å². The number of nitrogens with zero attached hydrogens (tertiary/aromatic N) is 4. The lowest BCUT2D eigenvalue weighted by Gasteiger charge is -2.17. The molecule has 1 fully saturated rings. The lowest BCUT2D eigenvalue weighted by molar-refractivity contribution is -0.131. The Bertz CT molecular complexity index is 1300. The molecule has 1 saturated heterocycles. The fourth-order valence-corrected chi connectivity index (χ4v) is 4.05. The van der Waals surface area contributed by atoms with Gasteiger partial charge in [0.15, 0.2) is 0 Å². The first kappa shape index (κ1) is 21.5. The summed E-state index contributed by atoms with van der Waals surface area (Å²) < 4.78 is 2.62. The minimum Gasteiger partial charge on any atom is -0.347 e. The fraction of sp³-hybridized carbons (Fsp3) is 0.348. The van der Waals surface area contributed by atoms with Gasteiger partial charge in [0.2, 0.25) is 11.8 Å². The monoisotopic (exact) mass is 435 g/mol. The Morgan fingerprint density at radius 3 is 2.59 bits per heavy atom. The van der Waals surface area contributed by atoms with Gasteiger partial charge in [-0.2, -0.15) is 0 Å². The maximum absolute atomic E-state index is 12.9. The average Bonchev–Trinajstić information content (AvgIpc) is 3.29. The molecule has 0 bridgehead atoms. The molecule has 0 spiro atoms. The Hall–Kier alpha value is -3.75. The molecule has 2 aromatic heterocycles. The molecule has 4 rings (SSSR count). The molecule has 0 unspecified atom stereocenters. The zero-order chi connectivity index (χ0) is 22.8. The Balaban J connectivity index is 1.68. The first-order chi connectivity index (χ1) is 15.3. The van der Waals surface area contributed by atoms with E-state index in [9.17, 15) is 19.2 Å². The van der Waals surface area contributed by atoms with Crippen molar-refractivity contribution < 1.29 is 9.59 Å². The van der Waals surface area contributed by atoms with Gasteiger partial charge in [-0.1, -0.05) is 30.3 Å². The van der Waals surface area contributed by atoms with Gasteiger partial charge in [0, 0.05) is 38.7 Å². The van der Waals surface area contributed by atoms with Crippen LogP contribution in [0.1, 0.15) is 30.5 Å². The summed E-state index contributed by atoms with van der Waals surface area (Å²) in [7, 11) is 1.47. The van der Waals surface area contributed by atoms with Crippen molar-refractivity contribution in [3.05, 3.63) is 74.6 Å². The van der Waals surface area contributed by atoms with Crippen LogP contribution in [0.25, 0.3) is 11.0 Å². The van der Waals surface area contributed by atoms with Crippen LogP contribution in [-0.2, 0) is 23.2 Å². The number of fused-ring (bicyclic) bond motifs is 1. The maximum atomic E-state index is 12.9. The predicted molar refractivity (Wildman–Crippen MR) is 119 cm³/mol. The van der Waals surface area contributed by atoms with Crippen LogP contribution in [0, 0.1) is 0 Å².